The van der Waals surface area contributed by atoms with E-state index in [1.54, 1.807) is 7.11 Å². The number of fused-ring (bicyclic) bond motifs is 6. The third-order valence-electron chi connectivity index (χ3n) is 9.35. The average Bonchev–Trinajstić information content (AvgIpc) is 3.37. The van der Waals surface area contributed by atoms with Crippen molar-refractivity contribution < 1.29 is 19.1 Å². The van der Waals surface area contributed by atoms with Crippen molar-refractivity contribution >= 4 is 22.8 Å². The number of nitrogens with two attached hydrogens (primary N) is 1. The molecule has 46 heavy (non-hydrogen) atoms. The highest BCUT2D eigenvalue weighted by Crippen LogP contribution is 2.41. The van der Waals surface area contributed by atoms with Crippen molar-refractivity contribution in [3.05, 3.63) is 77.6 Å². The minimum atomic E-state index is -0.742. The normalized spacial score (nSPS) is 21.1. The van der Waals surface area contributed by atoms with Crippen LogP contribution in [-0.4, -0.2) is 58.8 Å². The van der Waals surface area contributed by atoms with Crippen LogP contribution in [0.4, 0.5) is 0 Å². The SMILES string of the molecule is CCn1c(-c2cccnc2[C@H](C)OC)c2c3cc(ccc31)-c1cccc(c1)C[C@H](N)C(=O)N1CCC[C@H](N1)C(=O)OCC(C)(C)C2. The van der Waals surface area contributed by atoms with Gasteiger partial charge in [-0.2, -0.15) is 0 Å². The van der Waals surface area contributed by atoms with Crippen molar-refractivity contribution in [1.29, 1.82) is 0 Å². The van der Waals surface area contributed by atoms with Crippen LogP contribution in [0.15, 0.2) is 60.8 Å². The summed E-state index contributed by atoms with van der Waals surface area (Å²) in [5.41, 5.74) is 17.6. The number of benzene rings is 2. The number of hydrogen-bond acceptors (Lipinski definition) is 7. The molecule has 9 nitrogen and oxygen atoms in total. The Morgan fingerprint density at radius 3 is 2.72 bits per heavy atom. The lowest BCUT2D eigenvalue weighted by Crippen LogP contribution is -2.59. The quantitative estimate of drug-likeness (QED) is 0.285. The molecule has 3 N–H and O–H groups in total. The first-order chi connectivity index (χ1) is 22.1. The second kappa shape index (κ2) is 13.0. The molecule has 4 aromatic rings. The van der Waals surface area contributed by atoms with Gasteiger partial charge < -0.3 is 19.8 Å². The van der Waals surface area contributed by atoms with Crippen LogP contribution in [0, 0.1) is 5.41 Å². The molecule has 0 aliphatic carbocycles. The topological polar surface area (TPSA) is 112 Å². The lowest BCUT2D eigenvalue weighted by Gasteiger charge is -2.35. The fourth-order valence-electron chi connectivity index (χ4n) is 6.90. The minimum Gasteiger partial charge on any atom is -0.464 e. The van der Waals surface area contributed by atoms with Gasteiger partial charge in [0, 0.05) is 48.3 Å². The number of rotatable bonds is 4. The Morgan fingerprint density at radius 1 is 1.13 bits per heavy atom. The molecule has 2 aliphatic heterocycles. The molecule has 6 bridgehead atoms. The van der Waals surface area contributed by atoms with Gasteiger partial charge in [0.05, 0.1) is 30.1 Å². The maximum absolute atomic E-state index is 13.4. The van der Waals surface area contributed by atoms with Crippen molar-refractivity contribution in [2.24, 2.45) is 11.1 Å². The fourth-order valence-corrected chi connectivity index (χ4v) is 6.90. The Labute approximate surface area is 271 Å². The van der Waals surface area contributed by atoms with Gasteiger partial charge >= 0.3 is 5.97 Å². The number of nitrogens with one attached hydrogen (secondary N) is 1. The molecule has 6 rings (SSSR count). The number of hydrazine groups is 1. The van der Waals surface area contributed by atoms with E-state index >= 15 is 0 Å². The number of amides is 1. The van der Waals surface area contributed by atoms with E-state index in [4.69, 9.17) is 20.2 Å². The number of aromatic nitrogens is 2. The first-order valence-electron chi connectivity index (χ1n) is 16.3. The van der Waals surface area contributed by atoms with Crippen LogP contribution in [0.3, 0.4) is 0 Å². The predicted molar refractivity (Wildman–Crippen MR) is 180 cm³/mol. The molecule has 2 aliphatic rings. The second-order valence-electron chi connectivity index (χ2n) is 13.4. The summed E-state index contributed by atoms with van der Waals surface area (Å²) < 4.78 is 14.1. The van der Waals surface area contributed by atoms with E-state index < -0.39 is 17.5 Å². The number of cyclic esters (lactones) is 1. The fraction of sp³-hybridized carbons (Fsp3) is 0.432. The van der Waals surface area contributed by atoms with Gasteiger partial charge in [-0.15, -0.1) is 0 Å². The molecule has 0 unspecified atom stereocenters. The molecule has 1 saturated heterocycles. The molecule has 0 radical (unpaired) electrons. The molecular formula is C37H45N5O4. The number of esters is 1. The highest BCUT2D eigenvalue weighted by Gasteiger charge is 2.34. The van der Waals surface area contributed by atoms with Crippen molar-refractivity contribution in [3.63, 3.8) is 0 Å². The molecule has 0 saturated carbocycles. The summed E-state index contributed by atoms with van der Waals surface area (Å²) in [4.78, 5) is 31.5. The number of methoxy groups -OCH3 is 1. The maximum Gasteiger partial charge on any atom is 0.324 e. The van der Waals surface area contributed by atoms with Crippen LogP contribution in [0.1, 0.15) is 63.5 Å². The van der Waals surface area contributed by atoms with Crippen molar-refractivity contribution in [2.45, 2.75) is 78.1 Å². The molecule has 2 aromatic carbocycles. The summed E-state index contributed by atoms with van der Waals surface area (Å²) in [6, 6.07) is 17.7. The van der Waals surface area contributed by atoms with E-state index in [1.165, 1.54) is 10.6 Å². The van der Waals surface area contributed by atoms with Gasteiger partial charge in [-0.05, 0) is 86.1 Å². The van der Waals surface area contributed by atoms with Crippen molar-refractivity contribution in [3.8, 4) is 22.4 Å². The number of carbonyl (C=O) groups excluding carboxylic acids is 2. The zero-order valence-electron chi connectivity index (χ0n) is 27.5. The molecule has 1 amide bonds. The van der Waals surface area contributed by atoms with Gasteiger partial charge in [0.1, 0.15) is 6.04 Å². The summed E-state index contributed by atoms with van der Waals surface area (Å²) >= 11 is 0. The summed E-state index contributed by atoms with van der Waals surface area (Å²) in [5.74, 6) is -0.573. The third kappa shape index (κ3) is 6.19. The maximum atomic E-state index is 13.4. The minimum absolute atomic E-state index is 0.195. The standard InChI is InChI=1S/C37H45N5O4/c1-6-41-32-15-14-26-20-28(32)29(34(41)27-12-8-16-39-33(27)23(2)45-5)21-37(3,4)22-46-36(44)31-13-9-17-42(40-31)35(43)30(38)19-24-10-7-11-25(26)18-24/h7-8,10-12,14-16,18,20,23,30-31,40H,6,9,13,17,19,21-22,38H2,1-5H3/t23-,30-,31-/m0/s1. The molecular weight excluding hydrogens is 578 g/mol. The number of hydrogen-bond donors (Lipinski definition) is 2. The lowest BCUT2D eigenvalue weighted by molar-refractivity contribution is -0.154. The van der Waals surface area contributed by atoms with E-state index in [0.29, 0.717) is 32.2 Å². The van der Waals surface area contributed by atoms with E-state index in [9.17, 15) is 9.59 Å². The first-order valence-corrected chi connectivity index (χ1v) is 16.3. The lowest BCUT2D eigenvalue weighted by atomic mass is 9.84. The zero-order valence-corrected chi connectivity index (χ0v) is 27.5. The summed E-state index contributed by atoms with van der Waals surface area (Å²) in [6.07, 6.45) is 3.96. The molecule has 0 spiro atoms. The van der Waals surface area contributed by atoms with Gasteiger partial charge in [-0.3, -0.25) is 19.6 Å². The summed E-state index contributed by atoms with van der Waals surface area (Å²) in [6.45, 7) is 9.95. The second-order valence-corrected chi connectivity index (χ2v) is 13.4. The monoisotopic (exact) mass is 623 g/mol. The third-order valence-corrected chi connectivity index (χ3v) is 9.35. The Balaban J connectivity index is 1.55. The highest BCUT2D eigenvalue weighted by molar-refractivity contribution is 5.95. The number of ether oxygens (including phenoxy) is 2. The van der Waals surface area contributed by atoms with E-state index in [-0.39, 0.29) is 24.6 Å². The smallest absolute Gasteiger partial charge is 0.324 e. The van der Waals surface area contributed by atoms with Gasteiger partial charge in [-0.1, -0.05) is 44.2 Å². The molecule has 2 aromatic heterocycles. The van der Waals surface area contributed by atoms with Crippen LogP contribution < -0.4 is 11.2 Å². The Hall–Kier alpha value is -4.05. The first kappa shape index (κ1) is 31.9. The zero-order chi connectivity index (χ0) is 32.6. The number of carbonyl (C=O) groups is 2. The summed E-state index contributed by atoms with van der Waals surface area (Å²) in [7, 11) is 1.71. The van der Waals surface area contributed by atoms with Gasteiger partial charge in [0.2, 0.25) is 0 Å². The van der Waals surface area contributed by atoms with E-state index in [0.717, 1.165) is 51.1 Å². The van der Waals surface area contributed by atoms with Gasteiger partial charge in [-0.25, -0.2) is 5.43 Å². The predicted octanol–water partition coefficient (Wildman–Crippen LogP) is 5.59. The molecule has 3 atom stereocenters. The number of nitrogens with zero attached hydrogens (tertiary/aromatic N) is 3. The molecule has 4 heterocycles. The van der Waals surface area contributed by atoms with Gasteiger partial charge in [0.15, 0.2) is 0 Å². The highest BCUT2D eigenvalue weighted by atomic mass is 16.5. The molecule has 1 fully saturated rings. The Kier molecular flexibility index (Phi) is 9.01. The van der Waals surface area contributed by atoms with Crippen LogP contribution >= 0.6 is 0 Å². The van der Waals surface area contributed by atoms with E-state index in [2.05, 4.69) is 67.2 Å². The molecule has 242 valence electrons. The van der Waals surface area contributed by atoms with Crippen LogP contribution in [-0.2, 0) is 38.4 Å². The van der Waals surface area contributed by atoms with Crippen LogP contribution in [0.2, 0.25) is 0 Å². The number of aryl methyl sites for hydroxylation is 1. The molecule has 9 heteroatoms. The van der Waals surface area contributed by atoms with Crippen molar-refractivity contribution in [2.75, 3.05) is 20.3 Å². The summed E-state index contributed by atoms with van der Waals surface area (Å²) in [5, 5.41) is 2.65. The Bertz CT molecular complexity index is 1760. The largest absolute Gasteiger partial charge is 0.464 e. The van der Waals surface area contributed by atoms with E-state index in [1.807, 2.05) is 31.3 Å². The van der Waals surface area contributed by atoms with Crippen molar-refractivity contribution in [1.82, 2.24) is 20.0 Å². The Morgan fingerprint density at radius 2 is 1.93 bits per heavy atom. The van der Waals surface area contributed by atoms with Crippen LogP contribution in [0.25, 0.3) is 33.3 Å². The van der Waals surface area contributed by atoms with Crippen LogP contribution in [0.5, 0.6) is 0 Å². The average molecular weight is 624 g/mol. The van der Waals surface area contributed by atoms with Gasteiger partial charge in [0.25, 0.3) is 5.91 Å². The number of pyridine rings is 1.